The number of aliphatic hydroxyl groups is 1. The normalized spacial score (nSPS) is 17.5. The Bertz CT molecular complexity index is 575. The maximum atomic E-state index is 11.7. The van der Waals surface area contributed by atoms with Gasteiger partial charge >= 0.3 is 5.97 Å². The number of carboxylic acids is 1. The standard InChI is InChI=1S/C15H15NO4/c17-12-7-4-8-13(18)11(12)9-16-14(15(19)20)10-5-2-1-3-6-10/h1-3,5-6,9,14,17H,4,7-8H2,(H,19,20)/t14-/m1/s1. The van der Waals surface area contributed by atoms with Gasteiger partial charge in [0.05, 0.1) is 5.57 Å². The molecule has 0 amide bonds. The Labute approximate surface area is 116 Å². The number of aliphatic hydroxyl groups excluding tert-OH is 1. The lowest BCUT2D eigenvalue weighted by Crippen LogP contribution is -2.15. The van der Waals surface area contributed by atoms with Crippen LogP contribution in [0.2, 0.25) is 0 Å². The Balaban J connectivity index is 2.27. The molecule has 0 aliphatic heterocycles. The van der Waals surface area contributed by atoms with Gasteiger partial charge in [-0.2, -0.15) is 0 Å². The highest BCUT2D eigenvalue weighted by atomic mass is 16.4. The van der Waals surface area contributed by atoms with E-state index in [0.717, 1.165) is 0 Å². The van der Waals surface area contributed by atoms with Crippen LogP contribution < -0.4 is 0 Å². The second-order valence-corrected chi connectivity index (χ2v) is 4.57. The van der Waals surface area contributed by atoms with E-state index in [1.165, 1.54) is 6.21 Å². The van der Waals surface area contributed by atoms with Gasteiger partial charge in [0.2, 0.25) is 0 Å². The van der Waals surface area contributed by atoms with Gasteiger partial charge in [0.25, 0.3) is 0 Å². The third kappa shape index (κ3) is 3.12. The maximum Gasteiger partial charge on any atom is 0.333 e. The van der Waals surface area contributed by atoms with Crippen LogP contribution in [0.15, 0.2) is 46.7 Å². The molecule has 0 fully saturated rings. The molecule has 104 valence electrons. The van der Waals surface area contributed by atoms with Crippen molar-refractivity contribution in [2.45, 2.75) is 25.3 Å². The van der Waals surface area contributed by atoms with Crippen LogP contribution in [0.3, 0.4) is 0 Å². The summed E-state index contributed by atoms with van der Waals surface area (Å²) in [6.07, 6.45) is 2.58. The van der Waals surface area contributed by atoms with Gasteiger partial charge in [-0.1, -0.05) is 30.3 Å². The van der Waals surface area contributed by atoms with Crippen LogP contribution in [0.25, 0.3) is 0 Å². The van der Waals surface area contributed by atoms with Crippen LogP contribution in [-0.2, 0) is 9.59 Å². The third-order valence-electron chi connectivity index (χ3n) is 3.13. The summed E-state index contributed by atoms with van der Waals surface area (Å²) in [5, 5.41) is 18.9. The molecule has 0 saturated heterocycles. The van der Waals surface area contributed by atoms with E-state index in [2.05, 4.69) is 4.99 Å². The summed E-state index contributed by atoms with van der Waals surface area (Å²) in [5.74, 6) is -1.31. The Hall–Kier alpha value is -2.43. The molecule has 0 spiro atoms. The van der Waals surface area contributed by atoms with Gasteiger partial charge in [0.1, 0.15) is 5.76 Å². The number of hydrogen-bond acceptors (Lipinski definition) is 4. The van der Waals surface area contributed by atoms with E-state index in [0.29, 0.717) is 24.8 Å². The number of ketones is 1. The molecule has 0 aromatic heterocycles. The summed E-state index contributed by atoms with van der Waals surface area (Å²) in [6, 6.07) is 7.48. The molecule has 5 heteroatoms. The van der Waals surface area contributed by atoms with E-state index in [1.54, 1.807) is 30.3 Å². The number of Topliss-reactive ketones (excluding diaryl/α,β-unsaturated/α-hetero) is 1. The van der Waals surface area contributed by atoms with Gasteiger partial charge in [-0.05, 0) is 12.0 Å². The molecule has 2 rings (SSSR count). The molecule has 0 bridgehead atoms. The Kier molecular flexibility index (Phi) is 4.30. The quantitative estimate of drug-likeness (QED) is 0.825. The number of allylic oxidation sites excluding steroid dienone is 2. The summed E-state index contributed by atoms with van der Waals surface area (Å²) < 4.78 is 0. The number of rotatable bonds is 4. The summed E-state index contributed by atoms with van der Waals surface area (Å²) in [5.41, 5.74) is 0.651. The lowest BCUT2D eigenvalue weighted by atomic mass is 9.97. The fourth-order valence-electron chi connectivity index (χ4n) is 2.07. The molecule has 1 aromatic carbocycles. The number of carboxylic acid groups (broad SMARTS) is 1. The van der Waals surface area contributed by atoms with E-state index in [4.69, 9.17) is 0 Å². The molecular formula is C15H15NO4. The number of carbonyl (C=O) groups excluding carboxylic acids is 1. The largest absolute Gasteiger partial charge is 0.512 e. The predicted octanol–water partition coefficient (Wildman–Crippen LogP) is 2.45. The van der Waals surface area contributed by atoms with Gasteiger partial charge in [-0.25, -0.2) is 4.79 Å². The number of nitrogens with zero attached hydrogens (tertiary/aromatic N) is 1. The first-order chi connectivity index (χ1) is 9.59. The molecule has 0 unspecified atom stereocenters. The SMILES string of the molecule is O=C1CCCC(O)=C1C=N[C@@H](C(=O)O)c1ccccc1. The fraction of sp³-hybridized carbons (Fsp3) is 0.267. The topological polar surface area (TPSA) is 87.0 Å². The van der Waals surface area contributed by atoms with Crippen molar-refractivity contribution < 1.29 is 19.8 Å². The molecule has 1 aliphatic rings. The van der Waals surface area contributed by atoms with Crippen molar-refractivity contribution in [3.8, 4) is 0 Å². The Morgan fingerprint density at radius 3 is 2.55 bits per heavy atom. The van der Waals surface area contributed by atoms with E-state index < -0.39 is 12.0 Å². The number of aliphatic carboxylic acids is 1. The lowest BCUT2D eigenvalue weighted by molar-refractivity contribution is -0.138. The zero-order chi connectivity index (χ0) is 14.5. The minimum absolute atomic E-state index is 0.0119. The first-order valence-corrected chi connectivity index (χ1v) is 6.36. The lowest BCUT2D eigenvalue weighted by Gasteiger charge is -2.12. The van der Waals surface area contributed by atoms with Gasteiger partial charge in [-0.15, -0.1) is 0 Å². The highest BCUT2D eigenvalue weighted by molar-refractivity contribution is 6.14. The minimum atomic E-state index is -1.10. The first kappa shape index (κ1) is 14.0. The van der Waals surface area contributed by atoms with Crippen molar-refractivity contribution in [3.63, 3.8) is 0 Å². The fourth-order valence-corrected chi connectivity index (χ4v) is 2.07. The van der Waals surface area contributed by atoms with Crippen molar-refractivity contribution in [2.75, 3.05) is 0 Å². The molecule has 5 nitrogen and oxygen atoms in total. The monoisotopic (exact) mass is 273 g/mol. The average molecular weight is 273 g/mol. The van der Waals surface area contributed by atoms with E-state index in [-0.39, 0.29) is 17.1 Å². The van der Waals surface area contributed by atoms with Crippen molar-refractivity contribution in [1.29, 1.82) is 0 Å². The Morgan fingerprint density at radius 1 is 1.25 bits per heavy atom. The van der Waals surface area contributed by atoms with Crippen LogP contribution in [0, 0.1) is 0 Å². The summed E-state index contributed by atoms with van der Waals surface area (Å²) in [4.78, 5) is 26.9. The highest BCUT2D eigenvalue weighted by Crippen LogP contribution is 2.21. The maximum absolute atomic E-state index is 11.7. The third-order valence-corrected chi connectivity index (χ3v) is 3.13. The van der Waals surface area contributed by atoms with Crippen molar-refractivity contribution in [3.05, 3.63) is 47.2 Å². The van der Waals surface area contributed by atoms with Gasteiger partial charge < -0.3 is 10.2 Å². The summed E-state index contributed by atoms with van der Waals surface area (Å²) in [6.45, 7) is 0. The Morgan fingerprint density at radius 2 is 1.95 bits per heavy atom. The molecular weight excluding hydrogens is 258 g/mol. The molecule has 0 saturated carbocycles. The van der Waals surface area contributed by atoms with Crippen LogP contribution in [0.4, 0.5) is 0 Å². The van der Waals surface area contributed by atoms with Gasteiger partial charge in [0, 0.05) is 19.1 Å². The van der Waals surface area contributed by atoms with Gasteiger partial charge in [0.15, 0.2) is 11.8 Å². The summed E-state index contributed by atoms with van der Waals surface area (Å²) >= 11 is 0. The minimum Gasteiger partial charge on any atom is -0.512 e. The van der Waals surface area contributed by atoms with Crippen LogP contribution in [-0.4, -0.2) is 28.2 Å². The van der Waals surface area contributed by atoms with E-state index in [9.17, 15) is 19.8 Å². The van der Waals surface area contributed by atoms with Crippen LogP contribution in [0.5, 0.6) is 0 Å². The molecule has 0 heterocycles. The van der Waals surface area contributed by atoms with Crippen molar-refractivity contribution in [2.24, 2.45) is 4.99 Å². The van der Waals surface area contributed by atoms with E-state index >= 15 is 0 Å². The van der Waals surface area contributed by atoms with Crippen LogP contribution >= 0.6 is 0 Å². The molecule has 1 atom stereocenters. The zero-order valence-electron chi connectivity index (χ0n) is 10.8. The zero-order valence-corrected chi connectivity index (χ0v) is 10.8. The number of carbonyl (C=O) groups is 2. The second-order valence-electron chi connectivity index (χ2n) is 4.57. The smallest absolute Gasteiger partial charge is 0.333 e. The number of benzene rings is 1. The molecule has 0 radical (unpaired) electrons. The molecule has 20 heavy (non-hydrogen) atoms. The number of hydrogen-bond donors (Lipinski definition) is 2. The van der Waals surface area contributed by atoms with Crippen molar-refractivity contribution >= 4 is 18.0 Å². The van der Waals surface area contributed by atoms with E-state index in [1.807, 2.05) is 0 Å². The predicted molar refractivity (Wildman–Crippen MR) is 73.8 cm³/mol. The number of aliphatic imine (C=N–C) groups is 1. The molecule has 2 N–H and O–H groups in total. The van der Waals surface area contributed by atoms with Gasteiger partial charge in [-0.3, -0.25) is 9.79 Å². The first-order valence-electron chi connectivity index (χ1n) is 6.36. The van der Waals surface area contributed by atoms with Crippen LogP contribution in [0.1, 0.15) is 30.9 Å². The summed E-state index contributed by atoms with van der Waals surface area (Å²) in [7, 11) is 0. The molecule has 1 aromatic rings. The molecule has 1 aliphatic carbocycles. The second kappa shape index (κ2) is 6.14. The highest BCUT2D eigenvalue weighted by Gasteiger charge is 2.21. The average Bonchev–Trinajstić information content (AvgIpc) is 2.43. The van der Waals surface area contributed by atoms with Crippen molar-refractivity contribution in [1.82, 2.24) is 0 Å².